The highest BCUT2D eigenvalue weighted by Gasteiger charge is 2.24. The predicted molar refractivity (Wildman–Crippen MR) is 82.1 cm³/mol. The van der Waals surface area contributed by atoms with Crippen molar-refractivity contribution in [1.82, 2.24) is 9.62 Å². The number of nitrogens with one attached hydrogen (secondary N) is 2. The standard InChI is InChI=1S/C14H23N3O2S/c1-3-12(2)13-6-4-5-7-14(13)16-20(18,19)17-10-8-15-9-11-17/h4-7,12,15-16H,3,8-11H2,1-2H3. The number of anilines is 1. The van der Waals surface area contributed by atoms with Crippen LogP contribution in [0.15, 0.2) is 24.3 Å². The molecule has 1 aliphatic rings. The number of hydrogen-bond acceptors (Lipinski definition) is 3. The molecule has 20 heavy (non-hydrogen) atoms. The molecule has 2 rings (SSSR count). The van der Waals surface area contributed by atoms with Gasteiger partial charge in [0.05, 0.1) is 5.69 Å². The van der Waals surface area contributed by atoms with E-state index in [1.165, 1.54) is 4.31 Å². The fourth-order valence-corrected chi connectivity index (χ4v) is 3.58. The van der Waals surface area contributed by atoms with E-state index in [1.54, 1.807) is 0 Å². The van der Waals surface area contributed by atoms with Gasteiger partial charge in [-0.15, -0.1) is 0 Å². The summed E-state index contributed by atoms with van der Waals surface area (Å²) < 4.78 is 29.0. The van der Waals surface area contributed by atoms with E-state index in [-0.39, 0.29) is 0 Å². The molecule has 1 unspecified atom stereocenters. The molecule has 1 aromatic rings. The van der Waals surface area contributed by atoms with Gasteiger partial charge in [0, 0.05) is 26.2 Å². The van der Waals surface area contributed by atoms with Crippen molar-refractivity contribution in [2.45, 2.75) is 26.2 Å². The van der Waals surface area contributed by atoms with E-state index in [0.29, 0.717) is 37.8 Å². The molecular weight excluding hydrogens is 274 g/mol. The van der Waals surface area contributed by atoms with Gasteiger partial charge in [0.15, 0.2) is 0 Å². The van der Waals surface area contributed by atoms with E-state index in [4.69, 9.17) is 0 Å². The number of nitrogens with zero attached hydrogens (tertiary/aromatic N) is 1. The average molecular weight is 297 g/mol. The third kappa shape index (κ3) is 3.50. The van der Waals surface area contributed by atoms with Crippen molar-refractivity contribution in [2.24, 2.45) is 0 Å². The number of rotatable bonds is 5. The fourth-order valence-electron chi connectivity index (χ4n) is 2.33. The van der Waals surface area contributed by atoms with Gasteiger partial charge >= 0.3 is 10.2 Å². The van der Waals surface area contributed by atoms with Gasteiger partial charge in [-0.05, 0) is 24.0 Å². The van der Waals surface area contributed by atoms with Crippen molar-refractivity contribution < 1.29 is 8.42 Å². The van der Waals surface area contributed by atoms with E-state index in [1.807, 2.05) is 24.3 Å². The zero-order valence-corrected chi connectivity index (χ0v) is 12.9. The predicted octanol–water partition coefficient (Wildman–Crippen LogP) is 1.76. The van der Waals surface area contributed by atoms with Crippen LogP contribution in [-0.4, -0.2) is 38.9 Å². The monoisotopic (exact) mass is 297 g/mol. The molecule has 0 saturated carbocycles. The van der Waals surface area contributed by atoms with Crippen molar-refractivity contribution in [2.75, 3.05) is 30.9 Å². The number of benzene rings is 1. The number of para-hydroxylation sites is 1. The van der Waals surface area contributed by atoms with Gasteiger partial charge in [0.25, 0.3) is 0 Å². The normalized spacial score (nSPS) is 18.7. The highest BCUT2D eigenvalue weighted by Crippen LogP contribution is 2.27. The minimum Gasteiger partial charge on any atom is -0.314 e. The molecule has 112 valence electrons. The third-order valence-electron chi connectivity index (χ3n) is 3.76. The maximum absolute atomic E-state index is 12.4. The summed E-state index contributed by atoms with van der Waals surface area (Å²) in [5.74, 6) is 0.330. The van der Waals surface area contributed by atoms with Crippen LogP contribution in [0.2, 0.25) is 0 Å². The second-order valence-electron chi connectivity index (χ2n) is 5.15. The Kier molecular flexibility index (Phi) is 5.01. The van der Waals surface area contributed by atoms with Crippen LogP contribution < -0.4 is 10.0 Å². The van der Waals surface area contributed by atoms with Gasteiger partial charge in [0.2, 0.25) is 0 Å². The summed E-state index contributed by atoms with van der Waals surface area (Å²) in [6.45, 7) is 6.65. The van der Waals surface area contributed by atoms with Crippen LogP contribution in [0.1, 0.15) is 31.7 Å². The van der Waals surface area contributed by atoms with Gasteiger partial charge in [-0.2, -0.15) is 12.7 Å². The molecule has 1 aliphatic heterocycles. The van der Waals surface area contributed by atoms with Crippen molar-refractivity contribution in [1.29, 1.82) is 0 Å². The second kappa shape index (κ2) is 6.56. The summed E-state index contributed by atoms with van der Waals surface area (Å²) in [6.07, 6.45) is 0.979. The Morgan fingerprint density at radius 3 is 2.60 bits per heavy atom. The highest BCUT2D eigenvalue weighted by atomic mass is 32.2. The van der Waals surface area contributed by atoms with Crippen LogP contribution in [0.25, 0.3) is 0 Å². The molecule has 0 bridgehead atoms. The van der Waals surface area contributed by atoms with Crippen LogP contribution in [0.4, 0.5) is 5.69 Å². The van der Waals surface area contributed by atoms with Crippen molar-refractivity contribution >= 4 is 15.9 Å². The van der Waals surface area contributed by atoms with Crippen molar-refractivity contribution in [3.63, 3.8) is 0 Å². The highest BCUT2D eigenvalue weighted by molar-refractivity contribution is 7.90. The lowest BCUT2D eigenvalue weighted by molar-refractivity contribution is 0.362. The third-order valence-corrected chi connectivity index (χ3v) is 5.28. The van der Waals surface area contributed by atoms with E-state index in [2.05, 4.69) is 23.9 Å². The lowest BCUT2D eigenvalue weighted by Gasteiger charge is -2.27. The molecule has 1 saturated heterocycles. The Morgan fingerprint density at radius 1 is 1.30 bits per heavy atom. The quantitative estimate of drug-likeness (QED) is 0.870. The topological polar surface area (TPSA) is 61.4 Å². The van der Waals surface area contributed by atoms with Crippen molar-refractivity contribution in [3.8, 4) is 0 Å². The molecule has 0 radical (unpaired) electrons. The Morgan fingerprint density at radius 2 is 1.95 bits per heavy atom. The van der Waals surface area contributed by atoms with Gasteiger partial charge in [0.1, 0.15) is 0 Å². The summed E-state index contributed by atoms with van der Waals surface area (Å²) in [7, 11) is -3.46. The van der Waals surface area contributed by atoms with Crippen LogP contribution in [0.5, 0.6) is 0 Å². The Balaban J connectivity index is 2.20. The number of hydrogen-bond donors (Lipinski definition) is 2. The summed E-state index contributed by atoms with van der Waals surface area (Å²) in [4.78, 5) is 0. The molecule has 1 fully saturated rings. The minimum absolute atomic E-state index is 0.330. The van der Waals surface area contributed by atoms with Crippen LogP contribution in [0.3, 0.4) is 0 Å². The van der Waals surface area contributed by atoms with Crippen molar-refractivity contribution in [3.05, 3.63) is 29.8 Å². The van der Waals surface area contributed by atoms with Gasteiger partial charge in [-0.3, -0.25) is 4.72 Å². The molecule has 2 N–H and O–H groups in total. The first kappa shape index (κ1) is 15.3. The Bertz CT molecular complexity index is 539. The molecule has 0 aromatic heterocycles. The van der Waals surface area contributed by atoms with Gasteiger partial charge in [-0.25, -0.2) is 0 Å². The van der Waals surface area contributed by atoms with Gasteiger partial charge < -0.3 is 5.32 Å². The Hall–Kier alpha value is -1.11. The fraction of sp³-hybridized carbons (Fsp3) is 0.571. The summed E-state index contributed by atoms with van der Waals surface area (Å²) in [5.41, 5.74) is 1.74. The van der Waals surface area contributed by atoms with E-state index in [0.717, 1.165) is 12.0 Å². The first-order valence-corrected chi connectivity index (χ1v) is 8.56. The lowest BCUT2D eigenvalue weighted by atomic mass is 9.97. The molecule has 0 spiro atoms. The van der Waals surface area contributed by atoms with Crippen LogP contribution >= 0.6 is 0 Å². The maximum Gasteiger partial charge on any atom is 0.301 e. The number of piperazine rings is 1. The van der Waals surface area contributed by atoms with Gasteiger partial charge in [-0.1, -0.05) is 32.0 Å². The molecule has 6 heteroatoms. The van der Waals surface area contributed by atoms with E-state index in [9.17, 15) is 8.42 Å². The molecule has 1 aromatic carbocycles. The first-order valence-electron chi connectivity index (χ1n) is 7.12. The smallest absolute Gasteiger partial charge is 0.301 e. The van der Waals surface area contributed by atoms with Crippen LogP contribution in [-0.2, 0) is 10.2 Å². The maximum atomic E-state index is 12.4. The molecule has 0 amide bonds. The van der Waals surface area contributed by atoms with Crippen LogP contribution in [0, 0.1) is 0 Å². The molecule has 0 aliphatic carbocycles. The summed E-state index contributed by atoms with van der Waals surface area (Å²) >= 11 is 0. The average Bonchev–Trinajstić information content (AvgIpc) is 2.47. The second-order valence-corrected chi connectivity index (χ2v) is 6.82. The summed E-state index contributed by atoms with van der Waals surface area (Å²) in [6, 6.07) is 7.64. The molecular formula is C14H23N3O2S. The molecule has 5 nitrogen and oxygen atoms in total. The molecule has 1 atom stereocenters. The largest absolute Gasteiger partial charge is 0.314 e. The van der Waals surface area contributed by atoms with E-state index >= 15 is 0 Å². The zero-order valence-electron chi connectivity index (χ0n) is 12.1. The summed E-state index contributed by atoms with van der Waals surface area (Å²) in [5, 5.41) is 3.16. The zero-order chi connectivity index (χ0) is 14.6. The first-order chi connectivity index (χ1) is 9.54. The molecule has 1 heterocycles. The SMILES string of the molecule is CCC(C)c1ccccc1NS(=O)(=O)N1CCNCC1. The minimum atomic E-state index is -3.46. The van der Waals surface area contributed by atoms with E-state index < -0.39 is 10.2 Å². The Labute approximate surface area is 121 Å². The lowest BCUT2D eigenvalue weighted by Crippen LogP contribution is -2.48.